The van der Waals surface area contributed by atoms with E-state index in [9.17, 15) is 9.59 Å². The van der Waals surface area contributed by atoms with Crippen LogP contribution in [0.5, 0.6) is 0 Å². The first-order valence-corrected chi connectivity index (χ1v) is 7.70. The molecule has 1 aromatic rings. The van der Waals surface area contributed by atoms with Crippen molar-refractivity contribution in [2.45, 2.75) is 32.6 Å². The summed E-state index contributed by atoms with van der Waals surface area (Å²) in [6.45, 7) is 3.45. The van der Waals surface area contributed by atoms with Gasteiger partial charge in [-0.1, -0.05) is 6.92 Å². The topological polar surface area (TPSA) is 72.6 Å². The summed E-state index contributed by atoms with van der Waals surface area (Å²) < 4.78 is 4.76. The summed E-state index contributed by atoms with van der Waals surface area (Å²) in [4.78, 5) is 26.7. The summed E-state index contributed by atoms with van der Waals surface area (Å²) in [6, 6.07) is 0. The van der Waals surface area contributed by atoms with Crippen molar-refractivity contribution in [1.29, 1.82) is 0 Å². The summed E-state index contributed by atoms with van der Waals surface area (Å²) in [7, 11) is 1.34. The lowest BCUT2D eigenvalue weighted by molar-refractivity contribution is 0.0605. The molecule has 2 heterocycles. The lowest BCUT2D eigenvalue weighted by atomic mass is 10.0. The standard InChI is InChI=1S/C14H20N2O3S/c1-3-9-10(12(15)20-11(9)14(18)19-2)13(17)16-7-5-4-6-8-16/h3-8,15H2,1-2H3. The van der Waals surface area contributed by atoms with Crippen molar-refractivity contribution in [3.8, 4) is 0 Å². The number of nitrogens with zero attached hydrogens (tertiary/aromatic N) is 1. The van der Waals surface area contributed by atoms with Crippen LogP contribution in [0, 0.1) is 0 Å². The highest BCUT2D eigenvalue weighted by Gasteiger charge is 2.28. The fourth-order valence-corrected chi connectivity index (χ4v) is 3.64. The molecule has 1 fully saturated rings. The van der Waals surface area contributed by atoms with Crippen LogP contribution >= 0.6 is 11.3 Å². The number of hydrogen-bond donors (Lipinski definition) is 1. The van der Waals surface area contributed by atoms with E-state index in [2.05, 4.69) is 0 Å². The van der Waals surface area contributed by atoms with E-state index in [1.807, 2.05) is 11.8 Å². The Morgan fingerprint density at radius 2 is 1.95 bits per heavy atom. The highest BCUT2D eigenvalue weighted by Crippen LogP contribution is 2.33. The molecule has 1 aliphatic heterocycles. The Kier molecular flexibility index (Phi) is 4.65. The Bertz CT molecular complexity index is 519. The van der Waals surface area contributed by atoms with E-state index in [-0.39, 0.29) is 5.91 Å². The number of rotatable bonds is 3. The first kappa shape index (κ1) is 14.8. The van der Waals surface area contributed by atoms with Gasteiger partial charge in [0, 0.05) is 13.1 Å². The number of esters is 1. The smallest absolute Gasteiger partial charge is 0.348 e. The Hall–Kier alpha value is -1.56. The molecule has 0 unspecified atom stereocenters. The third-order valence-corrected chi connectivity index (χ3v) is 4.66. The van der Waals surface area contributed by atoms with Gasteiger partial charge < -0.3 is 15.4 Å². The quantitative estimate of drug-likeness (QED) is 0.869. The molecule has 1 aromatic heterocycles. The molecule has 5 nitrogen and oxygen atoms in total. The SMILES string of the molecule is CCc1c(C(=O)OC)sc(N)c1C(=O)N1CCCCC1. The van der Waals surface area contributed by atoms with Crippen molar-refractivity contribution in [3.63, 3.8) is 0 Å². The first-order chi connectivity index (χ1) is 9.60. The van der Waals surface area contributed by atoms with Crippen molar-refractivity contribution >= 4 is 28.2 Å². The van der Waals surface area contributed by atoms with Crippen molar-refractivity contribution in [2.75, 3.05) is 25.9 Å². The predicted molar refractivity (Wildman–Crippen MR) is 79.2 cm³/mol. The molecule has 1 saturated heterocycles. The minimum Gasteiger partial charge on any atom is -0.465 e. The van der Waals surface area contributed by atoms with E-state index < -0.39 is 5.97 Å². The van der Waals surface area contributed by atoms with Crippen LogP contribution in [0.15, 0.2) is 0 Å². The van der Waals surface area contributed by atoms with E-state index in [1.165, 1.54) is 7.11 Å². The number of thiophene rings is 1. The van der Waals surface area contributed by atoms with Crippen LogP contribution in [0.3, 0.4) is 0 Å². The molecule has 2 N–H and O–H groups in total. The average molecular weight is 296 g/mol. The maximum Gasteiger partial charge on any atom is 0.348 e. The van der Waals surface area contributed by atoms with Gasteiger partial charge >= 0.3 is 5.97 Å². The number of carbonyl (C=O) groups excluding carboxylic acids is 2. The Labute approximate surface area is 122 Å². The van der Waals surface area contributed by atoms with Gasteiger partial charge in [-0.05, 0) is 31.2 Å². The molecular formula is C14H20N2O3S. The molecular weight excluding hydrogens is 276 g/mol. The van der Waals surface area contributed by atoms with Crippen LogP contribution < -0.4 is 5.73 Å². The normalized spacial score (nSPS) is 15.2. The minimum atomic E-state index is -0.420. The number of nitrogens with two attached hydrogens (primary N) is 1. The summed E-state index contributed by atoms with van der Waals surface area (Å²) in [5, 5.41) is 0.415. The van der Waals surface area contributed by atoms with E-state index in [0.29, 0.717) is 21.9 Å². The predicted octanol–water partition coefficient (Wildman–Crippen LogP) is 2.31. The maximum atomic E-state index is 12.6. The van der Waals surface area contributed by atoms with E-state index in [0.717, 1.165) is 49.3 Å². The van der Waals surface area contributed by atoms with Gasteiger partial charge in [0.1, 0.15) is 4.88 Å². The zero-order chi connectivity index (χ0) is 14.7. The highest BCUT2D eigenvalue weighted by molar-refractivity contribution is 7.18. The number of nitrogen functional groups attached to an aromatic ring is 1. The molecule has 0 saturated carbocycles. The number of methoxy groups -OCH3 is 1. The molecule has 110 valence electrons. The van der Waals surface area contributed by atoms with Crippen molar-refractivity contribution in [3.05, 3.63) is 16.0 Å². The van der Waals surface area contributed by atoms with Gasteiger partial charge in [-0.15, -0.1) is 11.3 Å². The molecule has 20 heavy (non-hydrogen) atoms. The second-order valence-electron chi connectivity index (χ2n) is 4.85. The fraction of sp³-hybridized carbons (Fsp3) is 0.571. The minimum absolute atomic E-state index is 0.0505. The monoisotopic (exact) mass is 296 g/mol. The summed E-state index contributed by atoms with van der Waals surface area (Å²) in [5.41, 5.74) is 7.20. The second kappa shape index (κ2) is 6.26. The molecule has 0 bridgehead atoms. The number of ether oxygens (including phenoxy) is 1. The summed E-state index contributed by atoms with van der Waals surface area (Å²) >= 11 is 1.15. The maximum absolute atomic E-state index is 12.6. The number of piperidine rings is 1. The molecule has 0 radical (unpaired) electrons. The number of hydrogen-bond acceptors (Lipinski definition) is 5. The number of anilines is 1. The summed E-state index contributed by atoms with van der Waals surface area (Å²) in [6.07, 6.45) is 3.81. The van der Waals surface area contributed by atoms with Gasteiger partial charge in [0.2, 0.25) is 0 Å². The Balaban J connectivity index is 2.37. The van der Waals surface area contributed by atoms with Crippen LogP contribution in [0.25, 0.3) is 0 Å². The van der Waals surface area contributed by atoms with Crippen molar-refractivity contribution in [2.24, 2.45) is 0 Å². The van der Waals surface area contributed by atoms with E-state index >= 15 is 0 Å². The third-order valence-electron chi connectivity index (χ3n) is 3.62. The molecule has 1 amide bonds. The fourth-order valence-electron chi connectivity index (χ4n) is 2.57. The Morgan fingerprint density at radius 1 is 1.30 bits per heavy atom. The summed E-state index contributed by atoms with van der Waals surface area (Å²) in [5.74, 6) is -0.471. The lowest BCUT2D eigenvalue weighted by Gasteiger charge is -2.27. The van der Waals surface area contributed by atoms with Gasteiger partial charge in [0.25, 0.3) is 5.91 Å². The highest BCUT2D eigenvalue weighted by atomic mass is 32.1. The molecule has 0 atom stereocenters. The van der Waals surface area contributed by atoms with Gasteiger partial charge in [-0.25, -0.2) is 4.79 Å². The van der Waals surface area contributed by atoms with Gasteiger partial charge in [-0.3, -0.25) is 4.79 Å². The van der Waals surface area contributed by atoms with Crippen molar-refractivity contribution < 1.29 is 14.3 Å². The van der Waals surface area contributed by atoms with Crippen LogP contribution in [0.1, 0.15) is 51.8 Å². The zero-order valence-corrected chi connectivity index (χ0v) is 12.7. The van der Waals surface area contributed by atoms with Gasteiger partial charge in [0.15, 0.2) is 0 Å². The van der Waals surface area contributed by atoms with Crippen molar-refractivity contribution in [1.82, 2.24) is 4.90 Å². The third kappa shape index (κ3) is 2.65. The van der Waals surface area contributed by atoms with E-state index in [1.54, 1.807) is 0 Å². The first-order valence-electron chi connectivity index (χ1n) is 6.88. The molecule has 0 aromatic carbocycles. The van der Waals surface area contributed by atoms with Crippen LogP contribution in [0.2, 0.25) is 0 Å². The van der Waals surface area contributed by atoms with Gasteiger partial charge in [-0.2, -0.15) is 0 Å². The van der Waals surface area contributed by atoms with Gasteiger partial charge in [0.05, 0.1) is 17.7 Å². The Morgan fingerprint density at radius 3 is 2.50 bits per heavy atom. The average Bonchev–Trinajstić information content (AvgIpc) is 2.83. The number of amides is 1. The van der Waals surface area contributed by atoms with Crippen LogP contribution in [-0.4, -0.2) is 37.0 Å². The van der Waals surface area contributed by atoms with Crippen LogP contribution in [0.4, 0.5) is 5.00 Å². The molecule has 1 aliphatic rings. The second-order valence-corrected chi connectivity index (χ2v) is 5.90. The molecule has 0 aliphatic carbocycles. The largest absolute Gasteiger partial charge is 0.465 e. The van der Waals surface area contributed by atoms with Crippen LogP contribution in [-0.2, 0) is 11.2 Å². The lowest BCUT2D eigenvalue weighted by Crippen LogP contribution is -2.36. The molecule has 2 rings (SSSR count). The number of carbonyl (C=O) groups is 2. The molecule has 6 heteroatoms. The number of likely N-dealkylation sites (tertiary alicyclic amines) is 1. The zero-order valence-electron chi connectivity index (χ0n) is 11.9. The van der Waals surface area contributed by atoms with E-state index in [4.69, 9.17) is 10.5 Å². The molecule has 0 spiro atoms.